The number of nitrogens with zero attached hydrogens (tertiary/aromatic N) is 2. The predicted molar refractivity (Wildman–Crippen MR) is 73.6 cm³/mol. The highest BCUT2D eigenvalue weighted by Crippen LogP contribution is 2.35. The topological polar surface area (TPSA) is 68.4 Å². The first kappa shape index (κ1) is 13.4. The molecule has 0 aliphatic carbocycles. The number of hydrogen-bond donors (Lipinski definition) is 1. The van der Waals surface area contributed by atoms with Crippen molar-refractivity contribution in [1.29, 1.82) is 0 Å². The number of phenolic OH excluding ortho intramolecular Hbond substituents is 1. The van der Waals surface area contributed by atoms with E-state index >= 15 is 0 Å². The Morgan fingerprint density at radius 3 is 2.90 bits per heavy atom. The standard InChI is InChI=1S/C14H15ClN2O3/c1-14(6-2-3-7-19-14)13-16-12(20-17-13)10-5-4-9(15)8-11(10)18/h4-5,8,18H,2-3,6-7H2,1H3. The summed E-state index contributed by atoms with van der Waals surface area (Å²) in [6, 6.07) is 4.76. The smallest absolute Gasteiger partial charge is 0.261 e. The number of aromatic hydroxyl groups is 1. The van der Waals surface area contributed by atoms with E-state index in [4.69, 9.17) is 20.9 Å². The van der Waals surface area contributed by atoms with E-state index in [1.54, 1.807) is 12.1 Å². The van der Waals surface area contributed by atoms with Crippen LogP contribution in [-0.2, 0) is 10.3 Å². The van der Waals surface area contributed by atoms with E-state index in [1.807, 2.05) is 6.92 Å². The summed E-state index contributed by atoms with van der Waals surface area (Å²) in [6.07, 6.45) is 2.99. The third-order valence-electron chi connectivity index (χ3n) is 3.56. The van der Waals surface area contributed by atoms with Gasteiger partial charge in [-0.05, 0) is 44.4 Å². The van der Waals surface area contributed by atoms with E-state index < -0.39 is 5.60 Å². The molecule has 5 nitrogen and oxygen atoms in total. The molecule has 1 atom stereocenters. The molecule has 20 heavy (non-hydrogen) atoms. The molecule has 0 spiro atoms. The average molecular weight is 295 g/mol. The van der Waals surface area contributed by atoms with E-state index in [9.17, 15) is 5.11 Å². The molecule has 1 aliphatic heterocycles. The summed E-state index contributed by atoms with van der Waals surface area (Å²) >= 11 is 5.81. The zero-order valence-corrected chi connectivity index (χ0v) is 11.9. The van der Waals surface area contributed by atoms with Crippen LogP contribution in [0.5, 0.6) is 5.75 Å². The quantitative estimate of drug-likeness (QED) is 0.918. The van der Waals surface area contributed by atoms with E-state index in [0.717, 1.165) is 19.3 Å². The maximum atomic E-state index is 9.89. The molecule has 2 heterocycles. The molecule has 106 valence electrons. The largest absolute Gasteiger partial charge is 0.507 e. The molecule has 0 amide bonds. The molecule has 1 aromatic carbocycles. The third-order valence-corrected chi connectivity index (χ3v) is 3.79. The molecule has 6 heteroatoms. The highest BCUT2D eigenvalue weighted by Gasteiger charge is 2.35. The molecule has 1 unspecified atom stereocenters. The van der Waals surface area contributed by atoms with Crippen LogP contribution < -0.4 is 0 Å². The second-order valence-corrected chi connectivity index (χ2v) is 5.56. The summed E-state index contributed by atoms with van der Waals surface area (Å²) in [5.41, 5.74) is -0.0465. The van der Waals surface area contributed by atoms with E-state index in [1.165, 1.54) is 6.07 Å². The SMILES string of the molecule is CC1(c2noc(-c3ccc(Cl)cc3O)n2)CCCCO1. The minimum absolute atomic E-state index is 0.0161. The van der Waals surface area contributed by atoms with Gasteiger partial charge in [0.1, 0.15) is 11.4 Å². The van der Waals surface area contributed by atoms with Crippen LogP contribution in [0.2, 0.25) is 5.02 Å². The molecule has 3 rings (SSSR count). The second-order valence-electron chi connectivity index (χ2n) is 5.12. The Morgan fingerprint density at radius 1 is 1.35 bits per heavy atom. The van der Waals surface area contributed by atoms with Crippen molar-refractivity contribution in [3.8, 4) is 17.2 Å². The maximum absolute atomic E-state index is 9.89. The van der Waals surface area contributed by atoms with Gasteiger partial charge < -0.3 is 14.4 Å². The van der Waals surface area contributed by atoms with E-state index in [-0.39, 0.29) is 11.6 Å². The second kappa shape index (κ2) is 5.07. The number of aromatic nitrogens is 2. The Bertz CT molecular complexity index is 621. The molecule has 2 aromatic rings. The molecule has 1 aliphatic rings. The summed E-state index contributed by atoms with van der Waals surface area (Å²) in [5.74, 6) is 0.800. The fourth-order valence-corrected chi connectivity index (χ4v) is 2.51. The summed E-state index contributed by atoms with van der Waals surface area (Å²) in [5, 5.41) is 14.3. The minimum atomic E-state index is -0.512. The minimum Gasteiger partial charge on any atom is -0.507 e. The van der Waals surface area contributed by atoms with Crippen molar-refractivity contribution in [1.82, 2.24) is 10.1 Å². The van der Waals surface area contributed by atoms with Gasteiger partial charge in [0.25, 0.3) is 5.89 Å². The van der Waals surface area contributed by atoms with Crippen LogP contribution in [-0.4, -0.2) is 21.9 Å². The lowest BCUT2D eigenvalue weighted by atomic mass is 9.95. The molecule has 1 N–H and O–H groups in total. The molecular formula is C14H15ClN2O3. The summed E-state index contributed by atoms with van der Waals surface area (Å²) in [4.78, 5) is 4.36. The van der Waals surface area contributed by atoms with Crippen molar-refractivity contribution in [2.24, 2.45) is 0 Å². The Balaban J connectivity index is 1.93. The van der Waals surface area contributed by atoms with Crippen LogP contribution >= 0.6 is 11.6 Å². The van der Waals surface area contributed by atoms with Gasteiger partial charge in [0.05, 0.1) is 5.56 Å². The highest BCUT2D eigenvalue weighted by molar-refractivity contribution is 6.30. The van der Waals surface area contributed by atoms with Crippen molar-refractivity contribution in [2.75, 3.05) is 6.61 Å². The van der Waals surface area contributed by atoms with Crippen LogP contribution in [0.1, 0.15) is 32.0 Å². The number of phenols is 1. The average Bonchev–Trinajstić information content (AvgIpc) is 2.90. The highest BCUT2D eigenvalue weighted by atomic mass is 35.5. The first-order valence-corrected chi connectivity index (χ1v) is 6.93. The lowest BCUT2D eigenvalue weighted by molar-refractivity contribution is -0.0770. The normalized spacial score (nSPS) is 22.9. The van der Waals surface area contributed by atoms with Crippen molar-refractivity contribution in [3.63, 3.8) is 0 Å². The van der Waals surface area contributed by atoms with Crippen molar-refractivity contribution in [3.05, 3.63) is 29.0 Å². The molecule has 0 bridgehead atoms. The van der Waals surface area contributed by atoms with Crippen LogP contribution in [0.4, 0.5) is 0 Å². The Morgan fingerprint density at radius 2 is 2.20 bits per heavy atom. The number of halogens is 1. The van der Waals surface area contributed by atoms with Gasteiger partial charge in [-0.1, -0.05) is 16.8 Å². The van der Waals surface area contributed by atoms with Crippen LogP contribution in [0.15, 0.2) is 22.7 Å². The zero-order valence-electron chi connectivity index (χ0n) is 11.1. The van der Waals surface area contributed by atoms with Gasteiger partial charge in [-0.25, -0.2) is 0 Å². The Kier molecular flexibility index (Phi) is 3.40. The summed E-state index contributed by atoms with van der Waals surface area (Å²) in [6.45, 7) is 2.66. The first-order chi connectivity index (χ1) is 9.58. The van der Waals surface area contributed by atoms with Gasteiger partial charge in [0, 0.05) is 11.6 Å². The first-order valence-electron chi connectivity index (χ1n) is 6.55. The molecule has 1 aromatic heterocycles. The van der Waals surface area contributed by atoms with Crippen LogP contribution in [0.3, 0.4) is 0 Å². The van der Waals surface area contributed by atoms with Gasteiger partial charge in [-0.3, -0.25) is 0 Å². The number of hydrogen-bond acceptors (Lipinski definition) is 5. The molecule has 0 saturated carbocycles. The van der Waals surface area contributed by atoms with Crippen LogP contribution in [0, 0.1) is 0 Å². The van der Waals surface area contributed by atoms with Gasteiger partial charge in [0.15, 0.2) is 0 Å². The van der Waals surface area contributed by atoms with E-state index in [0.29, 0.717) is 23.0 Å². The Hall–Kier alpha value is -1.59. The number of benzene rings is 1. The lowest BCUT2D eigenvalue weighted by Crippen LogP contribution is -2.31. The number of ether oxygens (including phenoxy) is 1. The summed E-state index contributed by atoms with van der Waals surface area (Å²) in [7, 11) is 0. The lowest BCUT2D eigenvalue weighted by Gasteiger charge is -2.30. The van der Waals surface area contributed by atoms with Crippen molar-refractivity contribution >= 4 is 11.6 Å². The number of rotatable bonds is 2. The maximum Gasteiger partial charge on any atom is 0.261 e. The van der Waals surface area contributed by atoms with Gasteiger partial charge in [-0.15, -0.1) is 0 Å². The third kappa shape index (κ3) is 2.39. The summed E-state index contributed by atoms with van der Waals surface area (Å²) < 4.78 is 11.0. The molecule has 0 radical (unpaired) electrons. The predicted octanol–water partition coefficient (Wildman–Crippen LogP) is 3.51. The van der Waals surface area contributed by atoms with Crippen molar-refractivity contribution in [2.45, 2.75) is 31.8 Å². The molecule has 1 fully saturated rings. The zero-order chi connectivity index (χ0) is 14.2. The molecule has 1 saturated heterocycles. The van der Waals surface area contributed by atoms with Crippen LogP contribution in [0.25, 0.3) is 11.5 Å². The van der Waals surface area contributed by atoms with Crippen molar-refractivity contribution < 1.29 is 14.4 Å². The fourth-order valence-electron chi connectivity index (χ4n) is 2.34. The fraction of sp³-hybridized carbons (Fsp3) is 0.429. The monoisotopic (exact) mass is 294 g/mol. The van der Waals surface area contributed by atoms with Gasteiger partial charge in [-0.2, -0.15) is 4.98 Å². The van der Waals surface area contributed by atoms with Gasteiger partial charge in [0.2, 0.25) is 5.82 Å². The van der Waals surface area contributed by atoms with E-state index in [2.05, 4.69) is 10.1 Å². The van der Waals surface area contributed by atoms with Gasteiger partial charge >= 0.3 is 0 Å². The molecular weight excluding hydrogens is 280 g/mol. The Labute approximate surface area is 121 Å².